The third-order valence-electron chi connectivity index (χ3n) is 4.12. The van der Waals surface area contributed by atoms with E-state index in [-0.39, 0.29) is 11.8 Å². The summed E-state index contributed by atoms with van der Waals surface area (Å²) in [7, 11) is 1.59. The predicted molar refractivity (Wildman–Crippen MR) is 85.8 cm³/mol. The van der Waals surface area contributed by atoms with E-state index in [1.54, 1.807) is 31.3 Å². The lowest BCUT2D eigenvalue weighted by molar-refractivity contribution is -0.118. The molecule has 22 heavy (non-hydrogen) atoms. The van der Waals surface area contributed by atoms with Crippen LogP contribution in [0.15, 0.2) is 54.6 Å². The third kappa shape index (κ3) is 2.60. The molecule has 1 fully saturated rings. The molecule has 4 nitrogen and oxygen atoms in total. The number of carbonyl (C=O) groups excluding carboxylic acids is 2. The molecule has 112 valence electrons. The number of rotatable bonds is 4. The summed E-state index contributed by atoms with van der Waals surface area (Å²) < 4.78 is 0. The lowest BCUT2D eigenvalue weighted by Crippen LogP contribution is -2.28. The van der Waals surface area contributed by atoms with E-state index in [4.69, 9.17) is 0 Å². The van der Waals surface area contributed by atoms with Crippen LogP contribution >= 0.6 is 0 Å². The summed E-state index contributed by atoms with van der Waals surface area (Å²) in [5, 5.41) is 5.52. The van der Waals surface area contributed by atoms with Crippen molar-refractivity contribution in [2.75, 3.05) is 12.4 Å². The average Bonchev–Trinajstić information content (AvgIpc) is 3.37. The summed E-state index contributed by atoms with van der Waals surface area (Å²) in [4.78, 5) is 24.3. The van der Waals surface area contributed by atoms with E-state index in [1.165, 1.54) is 0 Å². The predicted octanol–water partition coefficient (Wildman–Crippen LogP) is 2.72. The van der Waals surface area contributed by atoms with Crippen LogP contribution in [0.5, 0.6) is 0 Å². The molecular weight excluding hydrogens is 276 g/mol. The van der Waals surface area contributed by atoms with Crippen molar-refractivity contribution in [3.05, 3.63) is 65.7 Å². The zero-order valence-corrected chi connectivity index (χ0v) is 12.4. The normalized spacial score (nSPS) is 15.0. The third-order valence-corrected chi connectivity index (χ3v) is 4.12. The van der Waals surface area contributed by atoms with E-state index >= 15 is 0 Å². The molecule has 3 rings (SSSR count). The van der Waals surface area contributed by atoms with E-state index in [9.17, 15) is 9.59 Å². The van der Waals surface area contributed by atoms with Crippen LogP contribution in [0.2, 0.25) is 0 Å². The maximum Gasteiger partial charge on any atom is 0.251 e. The van der Waals surface area contributed by atoms with Crippen molar-refractivity contribution in [1.29, 1.82) is 0 Å². The Morgan fingerprint density at radius 1 is 1.00 bits per heavy atom. The molecule has 0 saturated heterocycles. The number of carbonyl (C=O) groups is 2. The first-order valence-corrected chi connectivity index (χ1v) is 7.35. The van der Waals surface area contributed by atoms with Crippen LogP contribution in [0, 0.1) is 0 Å². The van der Waals surface area contributed by atoms with E-state index in [0.717, 1.165) is 18.4 Å². The average molecular weight is 294 g/mol. The Labute approximate surface area is 129 Å². The number of anilines is 1. The molecule has 0 aliphatic heterocycles. The van der Waals surface area contributed by atoms with Crippen LogP contribution in [0.1, 0.15) is 28.8 Å². The second-order valence-electron chi connectivity index (χ2n) is 5.56. The number of hydrogen-bond donors (Lipinski definition) is 2. The summed E-state index contributed by atoms with van der Waals surface area (Å²) in [6.07, 6.45) is 1.72. The topological polar surface area (TPSA) is 58.2 Å². The first-order valence-electron chi connectivity index (χ1n) is 7.35. The molecule has 2 aromatic carbocycles. The fraction of sp³-hybridized carbons (Fsp3) is 0.222. The second-order valence-corrected chi connectivity index (χ2v) is 5.56. The lowest BCUT2D eigenvalue weighted by Gasteiger charge is -2.16. The van der Waals surface area contributed by atoms with Crippen LogP contribution in [-0.4, -0.2) is 18.9 Å². The van der Waals surface area contributed by atoms with Crippen molar-refractivity contribution in [2.45, 2.75) is 18.3 Å². The van der Waals surface area contributed by atoms with E-state index < -0.39 is 5.41 Å². The van der Waals surface area contributed by atoms with Crippen LogP contribution in [0.4, 0.5) is 5.69 Å². The summed E-state index contributed by atoms with van der Waals surface area (Å²) in [6.45, 7) is 0. The molecule has 2 aromatic rings. The molecular formula is C18H18N2O2. The van der Waals surface area contributed by atoms with Gasteiger partial charge in [0.1, 0.15) is 0 Å². The summed E-state index contributed by atoms with van der Waals surface area (Å²) >= 11 is 0. The molecule has 2 amide bonds. The number of hydrogen-bond acceptors (Lipinski definition) is 2. The van der Waals surface area contributed by atoms with Gasteiger partial charge in [-0.05, 0) is 36.6 Å². The molecule has 0 spiro atoms. The highest BCUT2D eigenvalue weighted by Gasteiger charge is 2.51. The molecule has 1 saturated carbocycles. The Morgan fingerprint density at radius 2 is 1.73 bits per heavy atom. The number of nitrogens with one attached hydrogen (secondary N) is 2. The van der Waals surface area contributed by atoms with E-state index in [0.29, 0.717) is 11.3 Å². The van der Waals surface area contributed by atoms with Crippen molar-refractivity contribution in [1.82, 2.24) is 5.32 Å². The van der Waals surface area contributed by atoms with Crippen LogP contribution < -0.4 is 10.6 Å². The largest absolute Gasteiger partial charge is 0.355 e. The molecule has 0 atom stereocenters. The van der Waals surface area contributed by atoms with Gasteiger partial charge in [-0.2, -0.15) is 0 Å². The first-order chi connectivity index (χ1) is 10.7. The summed E-state index contributed by atoms with van der Waals surface area (Å²) in [5.74, 6) is -0.173. The zero-order chi connectivity index (χ0) is 15.6. The Balaban J connectivity index is 1.79. The summed E-state index contributed by atoms with van der Waals surface area (Å²) in [5.41, 5.74) is 1.82. The molecule has 2 N–H and O–H groups in total. The van der Waals surface area contributed by atoms with Gasteiger partial charge < -0.3 is 10.6 Å². The standard InChI is InChI=1S/C18H18N2O2/c1-19-16(21)13-6-5-9-15(12-13)20-17(22)18(10-11-18)14-7-3-2-4-8-14/h2-9,12H,10-11H2,1H3,(H,19,21)(H,20,22). The van der Waals surface area contributed by atoms with Gasteiger partial charge in [0, 0.05) is 18.3 Å². The molecule has 1 aliphatic rings. The van der Waals surface area contributed by atoms with Gasteiger partial charge in [0.25, 0.3) is 5.91 Å². The zero-order valence-electron chi connectivity index (χ0n) is 12.4. The quantitative estimate of drug-likeness (QED) is 0.911. The highest BCUT2D eigenvalue weighted by molar-refractivity contribution is 6.02. The van der Waals surface area contributed by atoms with E-state index in [1.807, 2.05) is 30.3 Å². The minimum atomic E-state index is -0.412. The second kappa shape index (κ2) is 5.64. The fourth-order valence-electron chi connectivity index (χ4n) is 2.66. The van der Waals surface area contributed by atoms with Gasteiger partial charge in [0.2, 0.25) is 5.91 Å². The van der Waals surface area contributed by atoms with Gasteiger partial charge in [-0.25, -0.2) is 0 Å². The van der Waals surface area contributed by atoms with Gasteiger partial charge >= 0.3 is 0 Å². The van der Waals surface area contributed by atoms with Gasteiger partial charge in [-0.15, -0.1) is 0 Å². The monoisotopic (exact) mass is 294 g/mol. The number of amides is 2. The SMILES string of the molecule is CNC(=O)c1cccc(NC(=O)C2(c3ccccc3)CC2)c1. The maximum absolute atomic E-state index is 12.6. The van der Waals surface area contributed by atoms with Crippen molar-refractivity contribution in [2.24, 2.45) is 0 Å². The molecule has 0 heterocycles. The Hall–Kier alpha value is -2.62. The lowest BCUT2D eigenvalue weighted by atomic mass is 9.95. The summed E-state index contributed by atoms with van der Waals surface area (Å²) in [6, 6.07) is 16.8. The Bertz CT molecular complexity index is 706. The van der Waals surface area contributed by atoms with E-state index in [2.05, 4.69) is 10.6 Å². The molecule has 4 heteroatoms. The van der Waals surface area contributed by atoms with Gasteiger partial charge in [0.15, 0.2) is 0 Å². The minimum absolute atomic E-state index is 0.00671. The van der Waals surface area contributed by atoms with Crippen LogP contribution in [0.25, 0.3) is 0 Å². The van der Waals surface area contributed by atoms with Gasteiger partial charge in [-0.1, -0.05) is 36.4 Å². The van der Waals surface area contributed by atoms with Crippen molar-refractivity contribution in [3.8, 4) is 0 Å². The fourth-order valence-corrected chi connectivity index (χ4v) is 2.66. The van der Waals surface area contributed by atoms with Crippen molar-refractivity contribution >= 4 is 17.5 Å². The Morgan fingerprint density at radius 3 is 2.36 bits per heavy atom. The molecule has 0 bridgehead atoms. The molecule has 0 radical (unpaired) electrons. The highest BCUT2D eigenvalue weighted by Crippen LogP contribution is 2.48. The maximum atomic E-state index is 12.6. The van der Waals surface area contributed by atoms with Crippen molar-refractivity contribution in [3.63, 3.8) is 0 Å². The molecule has 0 aromatic heterocycles. The van der Waals surface area contributed by atoms with Crippen LogP contribution in [-0.2, 0) is 10.2 Å². The smallest absolute Gasteiger partial charge is 0.251 e. The first kappa shape index (κ1) is 14.3. The van der Waals surface area contributed by atoms with Gasteiger partial charge in [0.05, 0.1) is 5.41 Å². The minimum Gasteiger partial charge on any atom is -0.355 e. The highest BCUT2D eigenvalue weighted by atomic mass is 16.2. The molecule has 0 unspecified atom stereocenters. The van der Waals surface area contributed by atoms with Crippen molar-refractivity contribution < 1.29 is 9.59 Å². The van der Waals surface area contributed by atoms with Crippen LogP contribution in [0.3, 0.4) is 0 Å². The van der Waals surface area contributed by atoms with Gasteiger partial charge in [-0.3, -0.25) is 9.59 Å². The Kier molecular flexibility index (Phi) is 3.67. The molecule has 1 aliphatic carbocycles. The number of benzene rings is 2.